The van der Waals surface area contributed by atoms with E-state index in [1.165, 1.54) is 0 Å². The van der Waals surface area contributed by atoms with Crippen LogP contribution in [0.3, 0.4) is 0 Å². The first-order chi connectivity index (χ1) is 15.1. The van der Waals surface area contributed by atoms with Crippen LogP contribution in [0.15, 0.2) is 51.8 Å². The van der Waals surface area contributed by atoms with Gasteiger partial charge in [0.2, 0.25) is 5.91 Å². The summed E-state index contributed by atoms with van der Waals surface area (Å²) in [6.07, 6.45) is 2.13. The van der Waals surface area contributed by atoms with Crippen molar-refractivity contribution in [3.63, 3.8) is 0 Å². The van der Waals surface area contributed by atoms with Crippen molar-refractivity contribution in [2.75, 3.05) is 45.0 Å². The molecule has 2 fully saturated rings. The fourth-order valence-electron chi connectivity index (χ4n) is 4.39. The average Bonchev–Trinajstić information content (AvgIpc) is 3.46. The highest BCUT2D eigenvalue weighted by Gasteiger charge is 2.29. The molecule has 31 heavy (non-hydrogen) atoms. The van der Waals surface area contributed by atoms with Gasteiger partial charge in [0.1, 0.15) is 16.9 Å². The van der Waals surface area contributed by atoms with Gasteiger partial charge in [-0.05, 0) is 37.1 Å². The van der Waals surface area contributed by atoms with E-state index in [4.69, 9.17) is 4.42 Å². The Morgan fingerprint density at radius 2 is 1.45 bits per heavy atom. The van der Waals surface area contributed by atoms with Gasteiger partial charge in [-0.2, -0.15) is 0 Å². The van der Waals surface area contributed by atoms with E-state index in [2.05, 4.69) is 0 Å². The van der Waals surface area contributed by atoms with Crippen molar-refractivity contribution in [2.24, 2.45) is 0 Å². The Labute approximate surface area is 183 Å². The molecule has 2 aliphatic rings. The van der Waals surface area contributed by atoms with Crippen LogP contribution in [0.2, 0.25) is 0 Å². The van der Waals surface area contributed by atoms with Crippen LogP contribution in [0.5, 0.6) is 0 Å². The molecule has 1 aromatic heterocycles. The van der Waals surface area contributed by atoms with Crippen LogP contribution < -0.4 is 0 Å². The molecule has 5 rings (SSSR count). The minimum absolute atomic E-state index is 0.0542. The number of amides is 3. The van der Waals surface area contributed by atoms with E-state index in [0.29, 0.717) is 31.1 Å². The minimum Gasteiger partial charge on any atom is -0.456 e. The molecule has 0 aliphatic carbocycles. The normalized spacial score (nSPS) is 18.1. The van der Waals surface area contributed by atoms with Gasteiger partial charge in [0.05, 0.1) is 10.8 Å². The van der Waals surface area contributed by atoms with Gasteiger partial charge in [0.25, 0.3) is 0 Å². The van der Waals surface area contributed by atoms with Gasteiger partial charge in [-0.1, -0.05) is 18.2 Å². The standard InChI is InChI=1S/C23H25N3O4S/c27-22(24-11-13-26(14-12-24)23(28)25-9-3-4-10-25)16-31(29)17-7-8-21-19(15-17)18-5-1-2-6-20(18)30-21/h1-2,5-8,15H,3-4,9-14,16H2. The maximum Gasteiger partial charge on any atom is 0.320 e. The van der Waals surface area contributed by atoms with Gasteiger partial charge >= 0.3 is 6.03 Å². The molecule has 3 amide bonds. The number of carbonyl (C=O) groups is 2. The second kappa shape index (κ2) is 8.34. The molecular weight excluding hydrogens is 414 g/mol. The number of hydrogen-bond acceptors (Lipinski definition) is 4. The summed E-state index contributed by atoms with van der Waals surface area (Å²) in [5.41, 5.74) is 1.53. The molecule has 0 N–H and O–H groups in total. The molecule has 162 valence electrons. The van der Waals surface area contributed by atoms with Gasteiger partial charge < -0.3 is 19.1 Å². The second-order valence-electron chi connectivity index (χ2n) is 8.09. The van der Waals surface area contributed by atoms with Crippen molar-refractivity contribution in [1.29, 1.82) is 0 Å². The van der Waals surface area contributed by atoms with Crippen LogP contribution >= 0.6 is 0 Å². The Morgan fingerprint density at radius 1 is 0.806 bits per heavy atom. The van der Waals surface area contributed by atoms with Crippen molar-refractivity contribution in [1.82, 2.24) is 14.7 Å². The van der Waals surface area contributed by atoms with E-state index >= 15 is 0 Å². The first kappa shape index (κ1) is 20.1. The molecule has 2 aromatic carbocycles. The number of furan rings is 1. The van der Waals surface area contributed by atoms with Crippen molar-refractivity contribution in [3.8, 4) is 0 Å². The van der Waals surface area contributed by atoms with Gasteiger partial charge in [-0.25, -0.2) is 4.79 Å². The SMILES string of the molecule is O=C(CS(=O)c1ccc2oc3ccccc3c2c1)N1CCN(C(=O)N2CCCC2)CC1. The predicted octanol–water partition coefficient (Wildman–Crippen LogP) is 3.05. The summed E-state index contributed by atoms with van der Waals surface area (Å²) in [7, 11) is -1.44. The quantitative estimate of drug-likeness (QED) is 0.629. The molecule has 0 radical (unpaired) electrons. The first-order valence-corrected chi connectivity index (χ1v) is 12.0. The van der Waals surface area contributed by atoms with Crippen LogP contribution in [0, 0.1) is 0 Å². The van der Waals surface area contributed by atoms with Crippen molar-refractivity contribution in [3.05, 3.63) is 42.5 Å². The molecule has 3 heterocycles. The van der Waals surface area contributed by atoms with E-state index in [0.717, 1.165) is 47.9 Å². The van der Waals surface area contributed by atoms with Crippen molar-refractivity contribution in [2.45, 2.75) is 17.7 Å². The summed E-state index contributed by atoms with van der Waals surface area (Å²) in [4.78, 5) is 31.3. The summed E-state index contributed by atoms with van der Waals surface area (Å²) < 4.78 is 18.7. The molecule has 7 nitrogen and oxygen atoms in total. The van der Waals surface area contributed by atoms with Crippen LogP contribution in [0.4, 0.5) is 4.79 Å². The van der Waals surface area contributed by atoms with Crippen molar-refractivity contribution < 1.29 is 18.2 Å². The van der Waals surface area contributed by atoms with E-state index in [1.54, 1.807) is 11.0 Å². The Bertz CT molecular complexity index is 1160. The third kappa shape index (κ3) is 3.92. The Morgan fingerprint density at radius 3 is 2.23 bits per heavy atom. The third-order valence-corrected chi connectivity index (χ3v) is 7.43. The molecule has 3 aromatic rings. The van der Waals surface area contributed by atoms with Gasteiger partial charge in [-0.3, -0.25) is 9.00 Å². The van der Waals surface area contributed by atoms with Crippen molar-refractivity contribution >= 4 is 44.7 Å². The predicted molar refractivity (Wildman–Crippen MR) is 119 cm³/mol. The highest BCUT2D eigenvalue weighted by atomic mass is 32.2. The Kier molecular flexibility index (Phi) is 5.40. The lowest BCUT2D eigenvalue weighted by atomic mass is 10.1. The van der Waals surface area contributed by atoms with E-state index in [-0.39, 0.29) is 17.7 Å². The van der Waals surface area contributed by atoms with Crippen LogP contribution in [-0.2, 0) is 15.6 Å². The number of nitrogens with zero attached hydrogens (tertiary/aromatic N) is 3. The van der Waals surface area contributed by atoms with Crippen LogP contribution in [-0.4, -0.2) is 75.9 Å². The lowest BCUT2D eigenvalue weighted by molar-refractivity contribution is -0.129. The fourth-order valence-corrected chi connectivity index (χ4v) is 5.43. The maximum absolute atomic E-state index is 12.9. The average molecular weight is 440 g/mol. The Balaban J connectivity index is 1.22. The van der Waals surface area contributed by atoms with Gasteiger partial charge in [-0.15, -0.1) is 0 Å². The van der Waals surface area contributed by atoms with Gasteiger partial charge in [0, 0.05) is 54.9 Å². The Hall–Kier alpha value is -2.87. The zero-order valence-electron chi connectivity index (χ0n) is 17.3. The summed E-state index contributed by atoms with van der Waals surface area (Å²) in [5.74, 6) is -0.190. The smallest absolute Gasteiger partial charge is 0.320 e. The summed E-state index contributed by atoms with van der Waals surface area (Å²) in [6, 6.07) is 13.3. The van der Waals surface area contributed by atoms with E-state index in [1.807, 2.05) is 46.2 Å². The largest absolute Gasteiger partial charge is 0.456 e. The number of likely N-dealkylation sites (tertiary alicyclic amines) is 1. The molecule has 0 saturated carbocycles. The van der Waals surface area contributed by atoms with Gasteiger partial charge in [0.15, 0.2) is 0 Å². The topological polar surface area (TPSA) is 74.1 Å². The number of hydrogen-bond donors (Lipinski definition) is 0. The van der Waals surface area contributed by atoms with E-state index < -0.39 is 10.8 Å². The lowest BCUT2D eigenvalue weighted by Crippen LogP contribution is -2.54. The zero-order valence-corrected chi connectivity index (χ0v) is 18.1. The monoisotopic (exact) mass is 439 g/mol. The molecule has 1 atom stereocenters. The maximum atomic E-state index is 12.9. The molecule has 8 heteroatoms. The lowest BCUT2D eigenvalue weighted by Gasteiger charge is -2.36. The molecular formula is C23H25N3O4S. The molecule has 2 saturated heterocycles. The fraction of sp³-hybridized carbons (Fsp3) is 0.391. The molecule has 2 aliphatic heterocycles. The number of fused-ring (bicyclic) bond motifs is 3. The highest BCUT2D eigenvalue weighted by Crippen LogP contribution is 2.30. The summed E-state index contributed by atoms with van der Waals surface area (Å²) in [6.45, 7) is 3.68. The molecule has 1 unspecified atom stereocenters. The third-order valence-electron chi connectivity index (χ3n) is 6.15. The molecule has 0 spiro atoms. The summed E-state index contributed by atoms with van der Waals surface area (Å²) in [5, 5.41) is 1.88. The number of urea groups is 1. The van der Waals surface area contributed by atoms with E-state index in [9.17, 15) is 13.8 Å². The number of carbonyl (C=O) groups excluding carboxylic acids is 2. The number of para-hydroxylation sites is 1. The van der Waals surface area contributed by atoms with Crippen LogP contribution in [0.1, 0.15) is 12.8 Å². The first-order valence-electron chi connectivity index (χ1n) is 10.7. The number of rotatable bonds is 3. The summed E-state index contributed by atoms with van der Waals surface area (Å²) >= 11 is 0. The van der Waals surface area contributed by atoms with Crippen LogP contribution in [0.25, 0.3) is 21.9 Å². The zero-order chi connectivity index (χ0) is 21.4. The minimum atomic E-state index is -1.44. The number of benzene rings is 2. The highest BCUT2D eigenvalue weighted by molar-refractivity contribution is 7.85. The second-order valence-corrected chi connectivity index (χ2v) is 9.54. The number of piperazine rings is 1. The molecule has 0 bridgehead atoms.